The third kappa shape index (κ3) is 2.72. The van der Waals surface area contributed by atoms with Crippen LogP contribution in [0.4, 0.5) is 5.69 Å². The molecule has 1 aliphatic carbocycles. The van der Waals surface area contributed by atoms with Crippen LogP contribution in [0, 0.1) is 17.0 Å². The molecule has 7 heteroatoms. The summed E-state index contributed by atoms with van der Waals surface area (Å²) in [6.45, 7) is 1.74. The van der Waals surface area contributed by atoms with Crippen LogP contribution in [0.15, 0.2) is 18.2 Å². The van der Waals surface area contributed by atoms with E-state index in [2.05, 4.69) is 0 Å². The summed E-state index contributed by atoms with van der Waals surface area (Å²) >= 11 is 0. The van der Waals surface area contributed by atoms with Gasteiger partial charge in [0.05, 0.1) is 10.5 Å². The third-order valence-electron chi connectivity index (χ3n) is 3.66. The third-order valence-corrected chi connectivity index (χ3v) is 3.66. The van der Waals surface area contributed by atoms with Crippen molar-refractivity contribution in [3.05, 3.63) is 33.9 Å². The van der Waals surface area contributed by atoms with E-state index in [4.69, 9.17) is 16.2 Å². The van der Waals surface area contributed by atoms with Gasteiger partial charge in [-0.25, -0.2) is 0 Å². The maximum absolute atomic E-state index is 11.3. The molecule has 7 nitrogen and oxygen atoms in total. The molecule has 1 aromatic carbocycles. The van der Waals surface area contributed by atoms with Gasteiger partial charge >= 0.3 is 0 Å². The molecule has 1 saturated carbocycles. The van der Waals surface area contributed by atoms with Gasteiger partial charge in [0.25, 0.3) is 5.69 Å². The first-order valence-corrected chi connectivity index (χ1v) is 6.32. The van der Waals surface area contributed by atoms with E-state index >= 15 is 0 Å². The molecule has 1 aliphatic rings. The van der Waals surface area contributed by atoms with Gasteiger partial charge in [0.1, 0.15) is 11.9 Å². The van der Waals surface area contributed by atoms with Crippen molar-refractivity contribution in [1.29, 1.82) is 0 Å². The molecular formula is C13H17N3O4. The number of hydrogen-bond acceptors (Lipinski definition) is 5. The largest absolute Gasteiger partial charge is 0.490 e. The number of carbonyl (C=O) groups is 1. The van der Waals surface area contributed by atoms with Gasteiger partial charge in [-0.1, -0.05) is 0 Å². The summed E-state index contributed by atoms with van der Waals surface area (Å²) in [5, 5.41) is 10.7. The molecule has 2 rings (SSSR count). The second-order valence-corrected chi connectivity index (χ2v) is 5.21. The Balaban J connectivity index is 2.09. The van der Waals surface area contributed by atoms with Crippen LogP contribution in [0.5, 0.6) is 5.75 Å². The van der Waals surface area contributed by atoms with Gasteiger partial charge in [-0.3, -0.25) is 14.9 Å². The average molecular weight is 279 g/mol. The Bertz CT molecular complexity index is 561. The highest BCUT2D eigenvalue weighted by Crippen LogP contribution is 2.32. The van der Waals surface area contributed by atoms with Gasteiger partial charge in [0.15, 0.2) is 0 Å². The lowest BCUT2D eigenvalue weighted by atomic mass is 9.99. The zero-order valence-corrected chi connectivity index (χ0v) is 11.2. The number of carbonyl (C=O) groups excluding carboxylic acids is 1. The summed E-state index contributed by atoms with van der Waals surface area (Å²) in [4.78, 5) is 21.5. The molecule has 0 saturated heterocycles. The Morgan fingerprint density at radius 3 is 2.75 bits per heavy atom. The zero-order chi connectivity index (χ0) is 14.9. The number of nitro benzene ring substituents is 1. The normalized spacial score (nSPS) is 25.4. The minimum absolute atomic E-state index is 0.0200. The predicted molar refractivity (Wildman–Crippen MR) is 72.2 cm³/mol. The van der Waals surface area contributed by atoms with Gasteiger partial charge in [0, 0.05) is 18.6 Å². The molecule has 0 spiro atoms. The maximum atomic E-state index is 11.3. The molecule has 108 valence electrons. The number of hydrogen-bond donors (Lipinski definition) is 2. The Labute approximate surface area is 116 Å². The summed E-state index contributed by atoms with van der Waals surface area (Å²) in [7, 11) is 0. The SMILES string of the molecule is Cc1cc([N+](=O)[O-])ccc1OC1CCC(N)(C(N)=O)C1. The average Bonchev–Trinajstić information content (AvgIpc) is 2.75. The fraction of sp³-hybridized carbons (Fsp3) is 0.462. The van der Waals surface area contributed by atoms with Crippen molar-refractivity contribution < 1.29 is 14.5 Å². The van der Waals surface area contributed by atoms with E-state index in [1.54, 1.807) is 13.0 Å². The van der Waals surface area contributed by atoms with Crippen molar-refractivity contribution in [3.63, 3.8) is 0 Å². The Hall–Kier alpha value is -2.15. The van der Waals surface area contributed by atoms with Crippen LogP contribution < -0.4 is 16.2 Å². The minimum atomic E-state index is -1.01. The number of rotatable bonds is 4. The van der Waals surface area contributed by atoms with Crippen LogP contribution in [-0.4, -0.2) is 22.5 Å². The van der Waals surface area contributed by atoms with Crippen LogP contribution in [-0.2, 0) is 4.79 Å². The molecule has 2 atom stereocenters. The molecule has 0 bridgehead atoms. The first-order chi connectivity index (χ1) is 9.32. The number of nitro groups is 1. The number of aryl methyl sites for hydroxylation is 1. The summed E-state index contributed by atoms with van der Waals surface area (Å²) in [6, 6.07) is 4.41. The predicted octanol–water partition coefficient (Wildman–Crippen LogP) is 1.02. The Morgan fingerprint density at radius 2 is 2.25 bits per heavy atom. The van der Waals surface area contributed by atoms with Crippen molar-refractivity contribution in [3.8, 4) is 5.75 Å². The zero-order valence-electron chi connectivity index (χ0n) is 11.2. The van der Waals surface area contributed by atoms with E-state index in [0.717, 1.165) is 0 Å². The second kappa shape index (κ2) is 5.09. The summed E-state index contributed by atoms with van der Waals surface area (Å²) in [5.74, 6) is 0.0401. The highest BCUT2D eigenvalue weighted by Gasteiger charge is 2.41. The van der Waals surface area contributed by atoms with Crippen LogP contribution >= 0.6 is 0 Å². The number of primary amides is 1. The first-order valence-electron chi connectivity index (χ1n) is 6.32. The van der Waals surface area contributed by atoms with Gasteiger partial charge in [0.2, 0.25) is 5.91 Å². The smallest absolute Gasteiger partial charge is 0.269 e. The van der Waals surface area contributed by atoms with Gasteiger partial charge < -0.3 is 16.2 Å². The summed E-state index contributed by atoms with van der Waals surface area (Å²) in [5.41, 5.74) is 10.9. The van der Waals surface area contributed by atoms with Gasteiger partial charge in [-0.2, -0.15) is 0 Å². The maximum Gasteiger partial charge on any atom is 0.269 e. The minimum Gasteiger partial charge on any atom is -0.490 e. The molecule has 1 fully saturated rings. The highest BCUT2D eigenvalue weighted by molar-refractivity contribution is 5.84. The number of non-ortho nitro benzene ring substituents is 1. The van der Waals surface area contributed by atoms with Crippen LogP contribution in [0.25, 0.3) is 0 Å². The molecule has 0 heterocycles. The highest BCUT2D eigenvalue weighted by atomic mass is 16.6. The van der Waals surface area contributed by atoms with Crippen LogP contribution in [0.2, 0.25) is 0 Å². The van der Waals surface area contributed by atoms with Crippen molar-refractivity contribution in [2.75, 3.05) is 0 Å². The fourth-order valence-electron chi connectivity index (χ4n) is 2.41. The van der Waals surface area contributed by atoms with E-state index < -0.39 is 16.4 Å². The van der Waals surface area contributed by atoms with E-state index in [0.29, 0.717) is 30.6 Å². The Morgan fingerprint density at radius 1 is 1.55 bits per heavy atom. The number of benzene rings is 1. The molecule has 1 aromatic rings. The lowest BCUT2D eigenvalue weighted by Crippen LogP contribution is -2.50. The van der Waals surface area contributed by atoms with Gasteiger partial charge in [-0.05, 0) is 31.4 Å². The molecular weight excluding hydrogens is 262 g/mol. The molecule has 2 unspecified atom stereocenters. The molecule has 20 heavy (non-hydrogen) atoms. The fourth-order valence-corrected chi connectivity index (χ4v) is 2.41. The van der Waals surface area contributed by atoms with Crippen LogP contribution in [0.3, 0.4) is 0 Å². The van der Waals surface area contributed by atoms with Gasteiger partial charge in [-0.15, -0.1) is 0 Å². The molecule has 0 aliphatic heterocycles. The van der Waals surface area contributed by atoms with Crippen LogP contribution in [0.1, 0.15) is 24.8 Å². The Kier molecular flexibility index (Phi) is 3.63. The van der Waals surface area contributed by atoms with E-state index in [1.165, 1.54) is 12.1 Å². The monoisotopic (exact) mass is 279 g/mol. The molecule has 1 amide bonds. The summed E-state index contributed by atoms with van der Waals surface area (Å²) < 4.78 is 5.78. The van der Waals surface area contributed by atoms with E-state index in [-0.39, 0.29) is 11.8 Å². The first kappa shape index (κ1) is 14.3. The number of nitrogens with zero attached hydrogens (tertiary/aromatic N) is 1. The summed E-state index contributed by atoms with van der Waals surface area (Å²) in [6.07, 6.45) is 1.28. The molecule has 4 N–H and O–H groups in total. The second-order valence-electron chi connectivity index (χ2n) is 5.21. The van der Waals surface area contributed by atoms with E-state index in [9.17, 15) is 14.9 Å². The van der Waals surface area contributed by atoms with Crippen molar-refractivity contribution >= 4 is 11.6 Å². The standard InChI is InChI=1S/C13H17N3O4/c1-8-6-9(16(18)19)2-3-11(8)20-10-4-5-13(15,7-10)12(14)17/h2-3,6,10H,4-5,7,15H2,1H3,(H2,14,17). The van der Waals surface area contributed by atoms with Crippen molar-refractivity contribution in [2.24, 2.45) is 11.5 Å². The topological polar surface area (TPSA) is 121 Å². The lowest BCUT2D eigenvalue weighted by molar-refractivity contribution is -0.384. The molecule has 0 radical (unpaired) electrons. The van der Waals surface area contributed by atoms with Crippen molar-refractivity contribution in [1.82, 2.24) is 0 Å². The number of amides is 1. The van der Waals surface area contributed by atoms with Crippen molar-refractivity contribution in [2.45, 2.75) is 37.8 Å². The lowest BCUT2D eigenvalue weighted by Gasteiger charge is -2.20. The number of nitrogens with two attached hydrogens (primary N) is 2. The number of ether oxygens (including phenoxy) is 1. The molecule has 0 aromatic heterocycles. The van der Waals surface area contributed by atoms with E-state index in [1.807, 2.05) is 0 Å². The quantitative estimate of drug-likeness (QED) is 0.629.